The van der Waals surface area contributed by atoms with Gasteiger partial charge in [0.05, 0.1) is 11.0 Å². The molecule has 0 rings (SSSR count). The van der Waals surface area contributed by atoms with Crippen molar-refractivity contribution in [2.75, 3.05) is 11.0 Å². The average Bonchev–Trinajstić information content (AvgIpc) is 2.06. The zero-order valence-electron chi connectivity index (χ0n) is 7.10. The molecule has 0 fully saturated rings. The Labute approximate surface area is 81.8 Å². The SMILES string of the molecule is CCC(CC)COC(=O)CI. The fraction of sp³-hybridized carbons (Fsp3) is 0.875. The quantitative estimate of drug-likeness (QED) is 0.435. The lowest BCUT2D eigenvalue weighted by atomic mass is 10.1. The molecule has 0 aromatic heterocycles. The lowest BCUT2D eigenvalue weighted by molar-refractivity contribution is -0.141. The molecule has 0 atom stereocenters. The molecule has 2 nitrogen and oxygen atoms in total. The first-order chi connectivity index (χ1) is 5.24. The standard InChI is InChI=1S/C8H15IO2/c1-3-7(4-2)6-11-8(10)5-9/h7H,3-6H2,1-2H3. The molecule has 66 valence electrons. The van der Waals surface area contributed by atoms with Crippen molar-refractivity contribution in [1.29, 1.82) is 0 Å². The van der Waals surface area contributed by atoms with Crippen molar-refractivity contribution in [3.63, 3.8) is 0 Å². The third kappa shape index (κ3) is 5.47. The number of hydrogen-bond donors (Lipinski definition) is 0. The van der Waals surface area contributed by atoms with E-state index >= 15 is 0 Å². The number of rotatable bonds is 5. The lowest BCUT2D eigenvalue weighted by Gasteiger charge is -2.11. The third-order valence-corrected chi connectivity index (χ3v) is 2.37. The summed E-state index contributed by atoms with van der Waals surface area (Å²) in [5.74, 6) is 0.444. The summed E-state index contributed by atoms with van der Waals surface area (Å²) in [4.78, 5) is 10.7. The highest BCUT2D eigenvalue weighted by atomic mass is 127. The van der Waals surface area contributed by atoms with Crippen LogP contribution in [0.25, 0.3) is 0 Å². The number of halogens is 1. The molecule has 0 aromatic carbocycles. The highest BCUT2D eigenvalue weighted by Gasteiger charge is 2.06. The van der Waals surface area contributed by atoms with E-state index in [2.05, 4.69) is 13.8 Å². The predicted molar refractivity (Wildman–Crippen MR) is 53.9 cm³/mol. The highest BCUT2D eigenvalue weighted by molar-refractivity contribution is 14.1. The number of alkyl halides is 1. The molecule has 0 bridgehead atoms. The summed E-state index contributed by atoms with van der Waals surface area (Å²) in [6, 6.07) is 0. The summed E-state index contributed by atoms with van der Waals surface area (Å²) in [7, 11) is 0. The minimum Gasteiger partial charge on any atom is -0.465 e. The Morgan fingerprint density at radius 2 is 2.00 bits per heavy atom. The predicted octanol–water partition coefficient (Wildman–Crippen LogP) is 2.40. The molecule has 0 aliphatic heterocycles. The van der Waals surface area contributed by atoms with E-state index in [1.165, 1.54) is 0 Å². The van der Waals surface area contributed by atoms with Gasteiger partial charge in [-0.1, -0.05) is 49.3 Å². The smallest absolute Gasteiger partial charge is 0.315 e. The number of carbonyl (C=O) groups excluding carboxylic acids is 1. The molecule has 0 amide bonds. The fourth-order valence-electron chi connectivity index (χ4n) is 0.774. The maximum Gasteiger partial charge on any atom is 0.315 e. The number of esters is 1. The van der Waals surface area contributed by atoms with Crippen LogP contribution in [0.2, 0.25) is 0 Å². The van der Waals surface area contributed by atoms with Gasteiger partial charge in [0.2, 0.25) is 0 Å². The van der Waals surface area contributed by atoms with Crippen LogP contribution in [0.1, 0.15) is 26.7 Å². The third-order valence-electron chi connectivity index (χ3n) is 1.74. The van der Waals surface area contributed by atoms with Gasteiger partial charge in [0.15, 0.2) is 0 Å². The maximum absolute atomic E-state index is 10.7. The topological polar surface area (TPSA) is 26.3 Å². The average molecular weight is 270 g/mol. The van der Waals surface area contributed by atoms with Crippen LogP contribution in [-0.2, 0) is 9.53 Å². The maximum atomic E-state index is 10.7. The summed E-state index contributed by atoms with van der Waals surface area (Å²) in [5, 5.41) is 0. The van der Waals surface area contributed by atoms with Gasteiger partial charge >= 0.3 is 5.97 Å². The second kappa shape index (κ2) is 6.88. The minimum absolute atomic E-state index is 0.0995. The molecule has 0 unspecified atom stereocenters. The van der Waals surface area contributed by atoms with Crippen LogP contribution in [0.5, 0.6) is 0 Å². The van der Waals surface area contributed by atoms with Crippen molar-refractivity contribution in [2.24, 2.45) is 5.92 Å². The van der Waals surface area contributed by atoms with Crippen molar-refractivity contribution >= 4 is 28.6 Å². The molecular weight excluding hydrogens is 255 g/mol. The fourth-order valence-corrected chi connectivity index (χ4v) is 0.994. The summed E-state index contributed by atoms with van der Waals surface area (Å²) in [5.41, 5.74) is 0. The summed E-state index contributed by atoms with van der Waals surface area (Å²) in [6.45, 7) is 4.83. The number of ether oxygens (including phenoxy) is 1. The molecule has 3 heteroatoms. The van der Waals surface area contributed by atoms with Crippen LogP contribution < -0.4 is 0 Å². The normalized spacial score (nSPS) is 10.2. The Kier molecular flexibility index (Phi) is 7.01. The van der Waals surface area contributed by atoms with E-state index in [1.54, 1.807) is 0 Å². The van der Waals surface area contributed by atoms with Gasteiger partial charge in [-0.05, 0) is 5.92 Å². The van der Waals surface area contributed by atoms with Gasteiger partial charge < -0.3 is 4.74 Å². The van der Waals surface area contributed by atoms with Gasteiger partial charge in [-0.25, -0.2) is 0 Å². The van der Waals surface area contributed by atoms with E-state index < -0.39 is 0 Å². The second-order valence-corrected chi connectivity index (χ2v) is 3.26. The van der Waals surface area contributed by atoms with Gasteiger partial charge in [0.25, 0.3) is 0 Å². The zero-order chi connectivity index (χ0) is 8.69. The van der Waals surface area contributed by atoms with Crippen LogP contribution >= 0.6 is 22.6 Å². The largest absolute Gasteiger partial charge is 0.465 e. The van der Waals surface area contributed by atoms with Crippen molar-refractivity contribution in [2.45, 2.75) is 26.7 Å². The molecule has 0 heterocycles. The van der Waals surface area contributed by atoms with Gasteiger partial charge in [-0.3, -0.25) is 4.79 Å². The molecule has 0 saturated heterocycles. The van der Waals surface area contributed by atoms with Crippen LogP contribution in [0.15, 0.2) is 0 Å². The van der Waals surface area contributed by atoms with Crippen molar-refractivity contribution in [3.8, 4) is 0 Å². The van der Waals surface area contributed by atoms with Crippen LogP contribution in [-0.4, -0.2) is 17.0 Å². The summed E-state index contributed by atoms with van der Waals surface area (Å²) >= 11 is 2.01. The molecule has 0 aliphatic rings. The van der Waals surface area contributed by atoms with E-state index in [0.717, 1.165) is 12.8 Å². The molecular formula is C8H15IO2. The van der Waals surface area contributed by atoms with Crippen LogP contribution in [0.4, 0.5) is 0 Å². The first kappa shape index (κ1) is 11.2. The summed E-state index contributed by atoms with van der Waals surface area (Å²) < 4.78 is 5.44. The molecule has 0 saturated carbocycles. The van der Waals surface area contributed by atoms with E-state index in [0.29, 0.717) is 17.0 Å². The van der Waals surface area contributed by atoms with Gasteiger partial charge in [0.1, 0.15) is 0 Å². The van der Waals surface area contributed by atoms with Crippen molar-refractivity contribution < 1.29 is 9.53 Å². The van der Waals surface area contributed by atoms with Gasteiger partial charge in [0, 0.05) is 0 Å². The number of hydrogen-bond acceptors (Lipinski definition) is 2. The monoisotopic (exact) mass is 270 g/mol. The Morgan fingerprint density at radius 1 is 1.45 bits per heavy atom. The first-order valence-corrected chi connectivity index (χ1v) is 5.48. The van der Waals surface area contributed by atoms with Gasteiger partial charge in [-0.2, -0.15) is 0 Å². The lowest BCUT2D eigenvalue weighted by Crippen LogP contribution is -2.13. The molecule has 0 spiro atoms. The zero-order valence-corrected chi connectivity index (χ0v) is 9.26. The number of carbonyl (C=O) groups is 1. The molecule has 0 aliphatic carbocycles. The second-order valence-electron chi connectivity index (χ2n) is 2.50. The van der Waals surface area contributed by atoms with E-state index in [-0.39, 0.29) is 5.97 Å². The van der Waals surface area contributed by atoms with Gasteiger partial charge in [-0.15, -0.1) is 0 Å². The van der Waals surface area contributed by atoms with E-state index in [4.69, 9.17) is 4.74 Å². The van der Waals surface area contributed by atoms with E-state index in [9.17, 15) is 4.79 Å². The minimum atomic E-state index is -0.0995. The van der Waals surface area contributed by atoms with E-state index in [1.807, 2.05) is 22.6 Å². The van der Waals surface area contributed by atoms with Crippen LogP contribution in [0.3, 0.4) is 0 Å². The Balaban J connectivity index is 3.42. The molecule has 0 radical (unpaired) electrons. The van der Waals surface area contributed by atoms with Crippen molar-refractivity contribution in [3.05, 3.63) is 0 Å². The van der Waals surface area contributed by atoms with Crippen LogP contribution in [0, 0.1) is 5.92 Å². The first-order valence-electron chi connectivity index (χ1n) is 3.96. The Hall–Kier alpha value is 0.200. The Bertz CT molecular complexity index is 111. The molecule has 0 N–H and O–H groups in total. The summed E-state index contributed by atoms with van der Waals surface area (Å²) in [6.07, 6.45) is 2.18. The molecule has 11 heavy (non-hydrogen) atoms. The van der Waals surface area contributed by atoms with Crippen molar-refractivity contribution in [1.82, 2.24) is 0 Å². The highest BCUT2D eigenvalue weighted by Crippen LogP contribution is 2.07. The Morgan fingerprint density at radius 3 is 2.36 bits per heavy atom. The molecule has 0 aromatic rings.